The number of nitrogens with zero attached hydrogens (tertiary/aromatic N) is 4. The molecule has 4 aromatic rings. The fourth-order valence-corrected chi connectivity index (χ4v) is 2.85. The molecule has 0 bridgehead atoms. The van der Waals surface area contributed by atoms with Crippen molar-refractivity contribution in [2.45, 2.75) is 0 Å². The summed E-state index contributed by atoms with van der Waals surface area (Å²) in [5.74, 6) is -0.369. The van der Waals surface area contributed by atoms with Crippen LogP contribution in [0.2, 0.25) is 5.02 Å². The predicted molar refractivity (Wildman–Crippen MR) is 87.1 cm³/mol. The van der Waals surface area contributed by atoms with Gasteiger partial charge in [-0.05, 0) is 0 Å². The van der Waals surface area contributed by atoms with E-state index >= 15 is 0 Å². The summed E-state index contributed by atoms with van der Waals surface area (Å²) < 4.78 is 15.9. The van der Waals surface area contributed by atoms with E-state index in [1.54, 1.807) is 16.8 Å². The Morgan fingerprint density at radius 2 is 2.21 bits per heavy atom. The van der Waals surface area contributed by atoms with Gasteiger partial charge >= 0.3 is 0 Å². The Morgan fingerprint density at radius 1 is 1.38 bits per heavy atom. The van der Waals surface area contributed by atoms with Gasteiger partial charge in [0.2, 0.25) is 6.41 Å². The molecule has 0 spiro atoms. The van der Waals surface area contributed by atoms with Crippen LogP contribution in [-0.2, 0) is 4.79 Å². The average Bonchev–Trinajstić information content (AvgIpc) is 3.19. The van der Waals surface area contributed by atoms with E-state index in [0.29, 0.717) is 40.0 Å². The number of hydrogen-bond donors (Lipinski definition) is 3. The number of halogens is 2. The van der Waals surface area contributed by atoms with Crippen molar-refractivity contribution < 1.29 is 9.18 Å². The number of aromatic amines is 1. The van der Waals surface area contributed by atoms with Crippen LogP contribution in [0.3, 0.4) is 0 Å². The van der Waals surface area contributed by atoms with Gasteiger partial charge in [-0.2, -0.15) is 5.10 Å². The van der Waals surface area contributed by atoms with Crippen LogP contribution in [0.4, 0.5) is 15.9 Å². The Kier molecular flexibility index (Phi) is 3.10. The summed E-state index contributed by atoms with van der Waals surface area (Å²) in [6, 6.07) is 0. The molecule has 120 valence electrons. The van der Waals surface area contributed by atoms with Crippen molar-refractivity contribution in [3.63, 3.8) is 0 Å². The highest BCUT2D eigenvalue weighted by Gasteiger charge is 2.20. The molecular weight excluding hydrogens is 337 g/mol. The fraction of sp³-hybridized carbons (Fsp3) is 0. The SMILES string of the molecule is Nc1c(F)c(Cl)c(-c2cn3cc(NC=O)nc3cn2)c2cn[nH]c12. The zero-order valence-electron chi connectivity index (χ0n) is 11.9. The van der Waals surface area contributed by atoms with Crippen LogP contribution in [0.5, 0.6) is 0 Å². The Bertz CT molecular complexity index is 1100. The number of carbonyl (C=O) groups excluding carboxylic acids is 1. The minimum Gasteiger partial charge on any atom is -0.395 e. The van der Waals surface area contributed by atoms with Gasteiger partial charge in [0.25, 0.3) is 0 Å². The number of nitrogens with two attached hydrogens (primary N) is 1. The van der Waals surface area contributed by atoms with E-state index in [-0.39, 0.29) is 10.7 Å². The molecule has 0 unspecified atom stereocenters. The highest BCUT2D eigenvalue weighted by molar-refractivity contribution is 6.35. The van der Waals surface area contributed by atoms with Crippen molar-refractivity contribution in [3.8, 4) is 11.3 Å². The lowest BCUT2D eigenvalue weighted by Crippen LogP contribution is -1.98. The van der Waals surface area contributed by atoms with Crippen LogP contribution >= 0.6 is 11.6 Å². The summed E-state index contributed by atoms with van der Waals surface area (Å²) in [5.41, 5.74) is 7.27. The highest BCUT2D eigenvalue weighted by Crippen LogP contribution is 2.39. The molecule has 0 saturated carbocycles. The van der Waals surface area contributed by atoms with E-state index in [4.69, 9.17) is 17.3 Å². The van der Waals surface area contributed by atoms with Gasteiger partial charge in [0, 0.05) is 17.1 Å². The topological polar surface area (TPSA) is 114 Å². The number of amides is 1. The summed E-state index contributed by atoms with van der Waals surface area (Å²) >= 11 is 6.15. The quantitative estimate of drug-likeness (QED) is 0.389. The van der Waals surface area contributed by atoms with Gasteiger partial charge < -0.3 is 15.5 Å². The number of benzene rings is 1. The molecule has 0 aliphatic heterocycles. The molecule has 0 aliphatic rings. The van der Waals surface area contributed by atoms with Crippen LogP contribution in [0.1, 0.15) is 0 Å². The zero-order valence-corrected chi connectivity index (χ0v) is 12.7. The highest BCUT2D eigenvalue weighted by atomic mass is 35.5. The smallest absolute Gasteiger partial charge is 0.212 e. The number of nitrogens with one attached hydrogen (secondary N) is 2. The molecule has 3 heterocycles. The molecule has 1 aromatic carbocycles. The lowest BCUT2D eigenvalue weighted by molar-refractivity contribution is -0.105. The number of imidazole rings is 1. The summed E-state index contributed by atoms with van der Waals surface area (Å²) in [5, 5.41) is 9.42. The first-order valence-corrected chi connectivity index (χ1v) is 7.12. The first kappa shape index (κ1) is 14.4. The van der Waals surface area contributed by atoms with Gasteiger partial charge in [-0.15, -0.1) is 0 Å². The Labute approximate surface area is 138 Å². The van der Waals surface area contributed by atoms with Crippen molar-refractivity contribution >= 4 is 46.1 Å². The van der Waals surface area contributed by atoms with Gasteiger partial charge in [0.05, 0.1) is 40.5 Å². The fourth-order valence-electron chi connectivity index (χ4n) is 2.55. The molecule has 0 fully saturated rings. The third-order valence-corrected chi connectivity index (χ3v) is 3.99. The van der Waals surface area contributed by atoms with Crippen LogP contribution in [0.15, 0.2) is 24.8 Å². The first-order valence-electron chi connectivity index (χ1n) is 6.75. The molecular formula is C14H9ClFN7O. The van der Waals surface area contributed by atoms with Crippen molar-refractivity contribution in [2.24, 2.45) is 0 Å². The van der Waals surface area contributed by atoms with Crippen LogP contribution in [0.25, 0.3) is 27.8 Å². The molecule has 3 aromatic heterocycles. The molecule has 0 atom stereocenters. The number of carbonyl (C=O) groups is 1. The second kappa shape index (κ2) is 5.17. The van der Waals surface area contributed by atoms with Gasteiger partial charge in [-0.25, -0.2) is 9.37 Å². The maximum Gasteiger partial charge on any atom is 0.212 e. The molecule has 0 saturated heterocycles. The van der Waals surface area contributed by atoms with Gasteiger partial charge in [0.1, 0.15) is 0 Å². The van der Waals surface area contributed by atoms with Crippen molar-refractivity contribution in [3.05, 3.63) is 35.6 Å². The Hall–Kier alpha value is -3.20. The summed E-state index contributed by atoms with van der Waals surface area (Å²) in [6.45, 7) is 0. The third kappa shape index (κ3) is 1.98. The van der Waals surface area contributed by atoms with Gasteiger partial charge in [0.15, 0.2) is 17.3 Å². The molecule has 8 nitrogen and oxygen atoms in total. The van der Waals surface area contributed by atoms with E-state index in [0.717, 1.165) is 0 Å². The predicted octanol–water partition coefficient (Wildman–Crippen LogP) is 2.22. The van der Waals surface area contributed by atoms with E-state index in [1.165, 1.54) is 12.4 Å². The van der Waals surface area contributed by atoms with Crippen LogP contribution < -0.4 is 11.1 Å². The minimum atomic E-state index is -0.737. The van der Waals surface area contributed by atoms with Gasteiger partial charge in [-0.1, -0.05) is 11.6 Å². The van der Waals surface area contributed by atoms with Crippen LogP contribution in [0, 0.1) is 5.82 Å². The normalized spacial score (nSPS) is 11.2. The van der Waals surface area contributed by atoms with Crippen molar-refractivity contribution in [1.29, 1.82) is 0 Å². The standard InChI is InChI=1S/C14H9ClFN7O/c15-11-10(6-1-20-22-14(6)13(17)12(11)16)7-3-23-4-8(19-5-24)21-9(23)2-18-7/h1-5H,17H2,(H,19,24)(H,20,22). The lowest BCUT2D eigenvalue weighted by atomic mass is 10.1. The second-order valence-corrected chi connectivity index (χ2v) is 5.38. The van der Waals surface area contributed by atoms with Crippen LogP contribution in [-0.4, -0.2) is 31.0 Å². The number of nitrogen functional groups attached to an aromatic ring is 1. The first-order chi connectivity index (χ1) is 11.6. The van der Waals surface area contributed by atoms with Gasteiger partial charge in [-0.3, -0.25) is 14.9 Å². The lowest BCUT2D eigenvalue weighted by Gasteiger charge is -2.09. The summed E-state index contributed by atoms with van der Waals surface area (Å²) in [6.07, 6.45) is 6.75. The maximum absolute atomic E-state index is 14.3. The number of anilines is 2. The van der Waals surface area contributed by atoms with E-state index < -0.39 is 5.82 Å². The minimum absolute atomic E-state index is 0.0996. The average molecular weight is 346 g/mol. The Morgan fingerprint density at radius 3 is 3.00 bits per heavy atom. The molecule has 4 N–H and O–H groups in total. The molecule has 1 amide bonds. The number of H-pyrrole nitrogens is 1. The number of fused-ring (bicyclic) bond motifs is 2. The molecule has 0 radical (unpaired) electrons. The largest absolute Gasteiger partial charge is 0.395 e. The van der Waals surface area contributed by atoms with E-state index in [1.807, 2.05) is 0 Å². The maximum atomic E-state index is 14.3. The number of aromatic nitrogens is 5. The molecule has 10 heteroatoms. The Balaban J connectivity index is 1.99. The van der Waals surface area contributed by atoms with Crippen molar-refractivity contribution in [2.75, 3.05) is 11.1 Å². The third-order valence-electron chi connectivity index (χ3n) is 3.63. The number of hydrogen-bond acceptors (Lipinski definition) is 5. The monoisotopic (exact) mass is 345 g/mol. The summed E-state index contributed by atoms with van der Waals surface area (Å²) in [4.78, 5) is 18.9. The zero-order chi connectivity index (χ0) is 16.8. The molecule has 0 aliphatic carbocycles. The molecule has 4 rings (SSSR count). The second-order valence-electron chi connectivity index (χ2n) is 5.00. The van der Waals surface area contributed by atoms with Crippen molar-refractivity contribution in [1.82, 2.24) is 24.6 Å². The number of rotatable bonds is 3. The van der Waals surface area contributed by atoms with E-state index in [2.05, 4.69) is 25.5 Å². The summed E-state index contributed by atoms with van der Waals surface area (Å²) in [7, 11) is 0. The van der Waals surface area contributed by atoms with E-state index in [9.17, 15) is 9.18 Å². The molecule has 24 heavy (non-hydrogen) atoms.